The topological polar surface area (TPSA) is 97.4 Å². The number of fused-ring (bicyclic) bond motifs is 1. The summed E-state index contributed by atoms with van der Waals surface area (Å²) in [4.78, 5) is 17.3. The average molecular weight is 502 g/mol. The van der Waals surface area contributed by atoms with Crippen molar-refractivity contribution in [2.75, 3.05) is 16.6 Å². The van der Waals surface area contributed by atoms with Crippen LogP contribution in [0.2, 0.25) is 5.02 Å². The monoisotopic (exact) mass is 501 g/mol. The van der Waals surface area contributed by atoms with Crippen molar-refractivity contribution in [1.29, 1.82) is 0 Å². The highest BCUT2D eigenvalue weighted by Crippen LogP contribution is 2.29. The van der Waals surface area contributed by atoms with Crippen LogP contribution in [-0.2, 0) is 10.0 Å². The number of hydrogen-bond donors (Lipinski definition) is 2. The van der Waals surface area contributed by atoms with Crippen LogP contribution in [0.15, 0.2) is 65.6 Å². The lowest BCUT2D eigenvalue weighted by Gasteiger charge is -2.12. The number of hydrogen-bond acceptors (Lipinski definition) is 6. The van der Waals surface area contributed by atoms with Crippen LogP contribution in [0.25, 0.3) is 10.2 Å². The van der Waals surface area contributed by atoms with E-state index in [0.29, 0.717) is 39.3 Å². The number of nitrogens with one attached hydrogen (secondary N) is 2. The standard InChI is InChI=1S/C23H20ClN3O4S2/c1-3-31-17-8-6-16(7-9-17)27-33(29,30)18-10-4-14(2)19(13-18)22(28)26-23-25-20-11-5-15(24)12-21(20)32-23/h4-13,27H,3H2,1-2H3,(H,25,26,28). The van der Waals surface area contributed by atoms with Crippen LogP contribution in [0.4, 0.5) is 10.8 Å². The van der Waals surface area contributed by atoms with Crippen LogP contribution in [0, 0.1) is 6.92 Å². The van der Waals surface area contributed by atoms with E-state index in [1.807, 2.05) is 6.92 Å². The Morgan fingerprint density at radius 3 is 2.58 bits per heavy atom. The van der Waals surface area contributed by atoms with Gasteiger partial charge in [0.1, 0.15) is 5.75 Å². The van der Waals surface area contributed by atoms with Crippen LogP contribution in [0.1, 0.15) is 22.8 Å². The van der Waals surface area contributed by atoms with Gasteiger partial charge in [-0.25, -0.2) is 13.4 Å². The minimum absolute atomic E-state index is 0.0248. The number of benzene rings is 3. The molecule has 0 aliphatic heterocycles. The van der Waals surface area contributed by atoms with E-state index in [1.165, 1.54) is 23.5 Å². The normalized spacial score (nSPS) is 11.4. The van der Waals surface area contributed by atoms with Crippen molar-refractivity contribution in [2.24, 2.45) is 0 Å². The zero-order valence-corrected chi connectivity index (χ0v) is 20.1. The molecule has 0 aliphatic rings. The molecule has 4 rings (SSSR count). The molecule has 2 N–H and O–H groups in total. The van der Waals surface area contributed by atoms with Crippen LogP contribution in [-0.4, -0.2) is 25.9 Å². The second-order valence-electron chi connectivity index (χ2n) is 7.12. The van der Waals surface area contributed by atoms with Gasteiger partial charge < -0.3 is 4.74 Å². The molecule has 0 spiro atoms. The zero-order chi connectivity index (χ0) is 23.6. The molecule has 0 atom stereocenters. The second-order valence-corrected chi connectivity index (χ2v) is 10.3. The highest BCUT2D eigenvalue weighted by atomic mass is 35.5. The van der Waals surface area contributed by atoms with E-state index in [1.54, 1.807) is 55.5 Å². The number of aryl methyl sites for hydroxylation is 1. The third-order valence-corrected chi connectivity index (χ3v) is 7.30. The van der Waals surface area contributed by atoms with E-state index >= 15 is 0 Å². The smallest absolute Gasteiger partial charge is 0.261 e. The van der Waals surface area contributed by atoms with E-state index < -0.39 is 15.9 Å². The van der Waals surface area contributed by atoms with Crippen molar-refractivity contribution < 1.29 is 17.9 Å². The summed E-state index contributed by atoms with van der Waals surface area (Å²) < 4.78 is 34.6. The molecule has 33 heavy (non-hydrogen) atoms. The predicted octanol–water partition coefficient (Wildman–Crippen LogP) is 5.71. The van der Waals surface area contributed by atoms with Gasteiger partial charge in [0.2, 0.25) is 0 Å². The molecule has 7 nitrogen and oxygen atoms in total. The Balaban J connectivity index is 1.56. The lowest BCUT2D eigenvalue weighted by molar-refractivity contribution is 0.102. The Labute approximate surface area is 200 Å². The van der Waals surface area contributed by atoms with Gasteiger partial charge in [-0.1, -0.05) is 29.0 Å². The summed E-state index contributed by atoms with van der Waals surface area (Å²) in [5, 5.41) is 3.73. The van der Waals surface area contributed by atoms with Crippen molar-refractivity contribution in [3.8, 4) is 5.75 Å². The molecule has 4 aromatic rings. The molecule has 10 heteroatoms. The predicted molar refractivity (Wildman–Crippen MR) is 132 cm³/mol. The van der Waals surface area contributed by atoms with Crippen LogP contribution >= 0.6 is 22.9 Å². The van der Waals surface area contributed by atoms with Crippen molar-refractivity contribution >= 4 is 59.9 Å². The molecule has 1 aromatic heterocycles. The second kappa shape index (κ2) is 9.38. The third kappa shape index (κ3) is 5.27. The van der Waals surface area contributed by atoms with E-state index in [4.69, 9.17) is 16.3 Å². The molecule has 170 valence electrons. The van der Waals surface area contributed by atoms with Gasteiger partial charge in [-0.05, 0) is 74.0 Å². The molecule has 1 amide bonds. The molecule has 0 unspecified atom stereocenters. The molecule has 0 aliphatic carbocycles. The van der Waals surface area contributed by atoms with Crippen molar-refractivity contribution in [2.45, 2.75) is 18.7 Å². The number of anilines is 2. The van der Waals surface area contributed by atoms with Gasteiger partial charge in [0.05, 0.1) is 21.7 Å². The number of halogens is 1. The highest BCUT2D eigenvalue weighted by Gasteiger charge is 2.19. The molecule has 3 aromatic carbocycles. The fraction of sp³-hybridized carbons (Fsp3) is 0.130. The fourth-order valence-electron chi connectivity index (χ4n) is 3.13. The number of sulfonamides is 1. The summed E-state index contributed by atoms with van der Waals surface area (Å²) in [6, 6.07) is 16.3. The summed E-state index contributed by atoms with van der Waals surface area (Å²) in [5.74, 6) is 0.197. The SMILES string of the molecule is CCOc1ccc(NS(=O)(=O)c2ccc(C)c(C(=O)Nc3nc4ccc(Cl)cc4s3)c2)cc1. The maximum Gasteiger partial charge on any atom is 0.261 e. The van der Waals surface area contributed by atoms with Crippen molar-refractivity contribution in [1.82, 2.24) is 4.98 Å². The van der Waals surface area contributed by atoms with Gasteiger partial charge in [0, 0.05) is 16.3 Å². The minimum atomic E-state index is -3.91. The number of carbonyl (C=O) groups is 1. The number of nitrogens with zero attached hydrogens (tertiary/aromatic N) is 1. The first-order valence-electron chi connectivity index (χ1n) is 9.99. The van der Waals surface area contributed by atoms with E-state index in [0.717, 1.165) is 4.70 Å². The maximum absolute atomic E-state index is 12.9. The number of aromatic nitrogens is 1. The van der Waals surface area contributed by atoms with Crippen molar-refractivity contribution in [3.05, 3.63) is 76.8 Å². The fourth-order valence-corrected chi connectivity index (χ4v) is 5.35. The molecule has 0 bridgehead atoms. The third-order valence-electron chi connectivity index (χ3n) is 4.75. The average Bonchev–Trinajstić information content (AvgIpc) is 3.16. The largest absolute Gasteiger partial charge is 0.494 e. The Hall–Kier alpha value is -3.14. The Morgan fingerprint density at radius 2 is 1.85 bits per heavy atom. The molecule has 1 heterocycles. The number of ether oxygens (including phenoxy) is 1. The number of amides is 1. The van der Waals surface area contributed by atoms with E-state index in [9.17, 15) is 13.2 Å². The van der Waals surface area contributed by atoms with E-state index in [2.05, 4.69) is 15.0 Å². The minimum Gasteiger partial charge on any atom is -0.494 e. The van der Waals surface area contributed by atoms with Crippen molar-refractivity contribution in [3.63, 3.8) is 0 Å². The Bertz CT molecular complexity index is 1430. The Morgan fingerprint density at radius 1 is 1.09 bits per heavy atom. The molecular weight excluding hydrogens is 482 g/mol. The molecular formula is C23H20ClN3O4S2. The quantitative estimate of drug-likeness (QED) is 0.338. The first-order valence-corrected chi connectivity index (χ1v) is 12.7. The van der Waals surface area contributed by atoms with Crippen LogP contribution in [0.5, 0.6) is 5.75 Å². The van der Waals surface area contributed by atoms with Gasteiger partial charge in [-0.15, -0.1) is 0 Å². The van der Waals surface area contributed by atoms with Gasteiger partial charge in [-0.3, -0.25) is 14.8 Å². The summed E-state index contributed by atoms with van der Waals surface area (Å²) >= 11 is 7.30. The van der Waals surface area contributed by atoms with E-state index in [-0.39, 0.29) is 10.5 Å². The zero-order valence-electron chi connectivity index (χ0n) is 17.8. The molecule has 0 saturated heterocycles. The Kier molecular flexibility index (Phi) is 6.55. The first-order chi connectivity index (χ1) is 15.7. The van der Waals surface area contributed by atoms with Gasteiger partial charge in [-0.2, -0.15) is 0 Å². The number of rotatable bonds is 7. The molecule has 0 saturated carbocycles. The summed E-state index contributed by atoms with van der Waals surface area (Å²) in [5.41, 5.74) is 1.98. The van der Waals surface area contributed by atoms with Gasteiger partial charge in [0.25, 0.3) is 15.9 Å². The summed E-state index contributed by atoms with van der Waals surface area (Å²) in [6.45, 7) is 4.13. The lowest BCUT2D eigenvalue weighted by atomic mass is 10.1. The maximum atomic E-state index is 12.9. The van der Waals surface area contributed by atoms with Gasteiger partial charge >= 0.3 is 0 Å². The number of thiazole rings is 1. The van der Waals surface area contributed by atoms with Gasteiger partial charge in [0.15, 0.2) is 5.13 Å². The van der Waals surface area contributed by atoms with Crippen LogP contribution < -0.4 is 14.8 Å². The first kappa shape index (κ1) is 23.0. The number of carbonyl (C=O) groups excluding carboxylic acids is 1. The highest BCUT2D eigenvalue weighted by molar-refractivity contribution is 7.92. The summed E-state index contributed by atoms with van der Waals surface area (Å²) in [6.07, 6.45) is 0. The summed E-state index contributed by atoms with van der Waals surface area (Å²) in [7, 11) is -3.91. The molecule has 0 radical (unpaired) electrons. The molecule has 0 fully saturated rings. The van der Waals surface area contributed by atoms with Crippen LogP contribution in [0.3, 0.4) is 0 Å². The lowest BCUT2D eigenvalue weighted by Crippen LogP contribution is -2.17.